The molecule has 0 saturated heterocycles. The summed E-state index contributed by atoms with van der Waals surface area (Å²) in [7, 11) is -1.52. The fourth-order valence-electron chi connectivity index (χ4n) is 3.07. The molecule has 2 heteroatoms. The van der Waals surface area contributed by atoms with Crippen LogP contribution in [0.15, 0.2) is 12.2 Å². The molecule has 0 saturated carbocycles. The Balaban J connectivity index is 3.28. The Kier molecular flexibility index (Phi) is 16.8. The average molecular weight is 397 g/mol. The topological polar surface area (TPSA) is 9.23 Å². The Bertz CT molecular complexity index is 341. The summed E-state index contributed by atoms with van der Waals surface area (Å²) in [5.41, 5.74) is 0. The van der Waals surface area contributed by atoms with Gasteiger partial charge in [-0.3, -0.25) is 0 Å². The molecule has 0 fully saturated rings. The minimum absolute atomic E-state index is 0.343. The van der Waals surface area contributed by atoms with Gasteiger partial charge in [0.15, 0.2) is 8.32 Å². The lowest BCUT2D eigenvalue weighted by Crippen LogP contribution is -2.40. The fourth-order valence-corrected chi connectivity index (χ4v) is 4.16. The molecule has 162 valence electrons. The van der Waals surface area contributed by atoms with E-state index in [-0.39, 0.29) is 0 Å². The van der Waals surface area contributed by atoms with Gasteiger partial charge < -0.3 is 4.43 Å². The van der Waals surface area contributed by atoms with Gasteiger partial charge in [0.05, 0.1) is 0 Å². The highest BCUT2D eigenvalue weighted by atomic mass is 28.4. The molecule has 0 radical (unpaired) electrons. The maximum absolute atomic E-state index is 6.25. The third kappa shape index (κ3) is 16.6. The summed E-state index contributed by atoms with van der Waals surface area (Å²) in [6.07, 6.45) is 25.4. The van der Waals surface area contributed by atoms with Gasteiger partial charge in [-0.15, -0.1) is 0 Å². The Labute approximate surface area is 173 Å². The van der Waals surface area contributed by atoms with Crippen LogP contribution in [0.2, 0.25) is 18.1 Å². The minimum Gasteiger partial charge on any atom is -0.417 e. The highest BCUT2D eigenvalue weighted by molar-refractivity contribution is 6.74. The highest BCUT2D eigenvalue weighted by Gasteiger charge is 2.36. The summed E-state index contributed by atoms with van der Waals surface area (Å²) in [4.78, 5) is 0. The van der Waals surface area contributed by atoms with Crippen LogP contribution in [-0.4, -0.2) is 14.9 Å². The third-order valence-electron chi connectivity index (χ3n) is 6.18. The first-order chi connectivity index (χ1) is 12.8. The second kappa shape index (κ2) is 16.8. The minimum atomic E-state index is -1.52. The summed E-state index contributed by atoms with van der Waals surface area (Å²) < 4.78 is 6.25. The van der Waals surface area contributed by atoms with Gasteiger partial charge in [0.2, 0.25) is 0 Å². The lowest BCUT2D eigenvalue weighted by atomic mass is 10.1. The van der Waals surface area contributed by atoms with Gasteiger partial charge in [0, 0.05) is 6.61 Å². The quantitative estimate of drug-likeness (QED) is 0.127. The second-order valence-electron chi connectivity index (χ2n) is 9.90. The van der Waals surface area contributed by atoms with E-state index in [1.54, 1.807) is 0 Å². The van der Waals surface area contributed by atoms with Gasteiger partial charge in [-0.1, -0.05) is 104 Å². The van der Waals surface area contributed by atoms with Crippen LogP contribution in [0.4, 0.5) is 0 Å². The molecule has 0 N–H and O–H groups in total. The molecule has 0 aliphatic heterocycles. The van der Waals surface area contributed by atoms with E-state index in [0.29, 0.717) is 5.04 Å². The normalized spacial score (nSPS) is 13.0. The van der Waals surface area contributed by atoms with Gasteiger partial charge in [-0.25, -0.2) is 0 Å². The zero-order chi connectivity index (χ0) is 20.4. The van der Waals surface area contributed by atoms with Crippen LogP contribution in [0, 0.1) is 0 Å². The molecular weight excluding hydrogens is 344 g/mol. The summed E-state index contributed by atoms with van der Waals surface area (Å²) in [5.74, 6) is 0. The van der Waals surface area contributed by atoms with Crippen molar-refractivity contribution >= 4 is 8.32 Å². The number of hydrogen-bond acceptors (Lipinski definition) is 1. The summed E-state index contributed by atoms with van der Waals surface area (Å²) >= 11 is 0. The van der Waals surface area contributed by atoms with Crippen molar-refractivity contribution in [3.8, 4) is 0 Å². The number of unbranched alkanes of at least 4 members (excludes halogenated alkanes) is 13. The van der Waals surface area contributed by atoms with Crippen LogP contribution in [0.1, 0.15) is 124 Å². The van der Waals surface area contributed by atoms with E-state index >= 15 is 0 Å². The van der Waals surface area contributed by atoms with Crippen LogP contribution in [0.25, 0.3) is 0 Å². The van der Waals surface area contributed by atoms with Crippen LogP contribution in [0.3, 0.4) is 0 Å². The van der Waals surface area contributed by atoms with E-state index in [4.69, 9.17) is 4.43 Å². The molecule has 0 aromatic heterocycles. The summed E-state index contributed by atoms with van der Waals surface area (Å²) in [6, 6.07) is 0. The molecule has 0 aromatic carbocycles. The molecule has 27 heavy (non-hydrogen) atoms. The lowest BCUT2D eigenvalue weighted by Gasteiger charge is -2.36. The first kappa shape index (κ1) is 26.9. The summed E-state index contributed by atoms with van der Waals surface area (Å²) in [6.45, 7) is 14.9. The molecule has 0 unspecified atom stereocenters. The third-order valence-corrected chi connectivity index (χ3v) is 10.7. The molecule has 0 aliphatic carbocycles. The molecule has 0 amide bonds. The van der Waals surface area contributed by atoms with Gasteiger partial charge in [-0.2, -0.15) is 0 Å². The second-order valence-corrected chi connectivity index (χ2v) is 14.7. The van der Waals surface area contributed by atoms with Gasteiger partial charge >= 0.3 is 0 Å². The smallest absolute Gasteiger partial charge is 0.191 e. The number of allylic oxidation sites excluding steroid dienone is 2. The zero-order valence-electron chi connectivity index (χ0n) is 19.9. The molecule has 0 heterocycles. The van der Waals surface area contributed by atoms with E-state index in [9.17, 15) is 0 Å². The summed E-state index contributed by atoms with van der Waals surface area (Å²) in [5, 5.41) is 0.343. The van der Waals surface area contributed by atoms with Crippen LogP contribution in [-0.2, 0) is 4.43 Å². The zero-order valence-corrected chi connectivity index (χ0v) is 20.9. The average Bonchev–Trinajstić information content (AvgIpc) is 2.59. The molecule has 0 spiro atoms. The van der Waals surface area contributed by atoms with Crippen molar-refractivity contribution in [1.82, 2.24) is 0 Å². The maximum atomic E-state index is 6.25. The lowest BCUT2D eigenvalue weighted by molar-refractivity contribution is 0.277. The maximum Gasteiger partial charge on any atom is 0.191 e. The Morgan fingerprint density at radius 2 is 1.04 bits per heavy atom. The van der Waals surface area contributed by atoms with Crippen LogP contribution in [0.5, 0.6) is 0 Å². The van der Waals surface area contributed by atoms with Gasteiger partial charge in [0.25, 0.3) is 0 Å². The van der Waals surface area contributed by atoms with E-state index in [0.717, 1.165) is 6.61 Å². The standard InChI is InChI=1S/C25H52OSi/c1-7-8-9-10-11-12-13-14-15-16-17-18-19-20-21-22-23-24-26-27(5,6)25(2,3)4/h14-15H,7-13,16-24H2,1-6H3/b15-14-. The van der Waals surface area contributed by atoms with Crippen molar-refractivity contribution in [2.75, 3.05) is 6.61 Å². The van der Waals surface area contributed by atoms with Crippen molar-refractivity contribution in [2.24, 2.45) is 0 Å². The fraction of sp³-hybridized carbons (Fsp3) is 0.920. The first-order valence-corrected chi connectivity index (χ1v) is 15.0. The SMILES string of the molecule is CCCCCCCC/C=C\CCCCCCCCCO[Si](C)(C)C(C)(C)C. The molecule has 0 aromatic rings. The largest absolute Gasteiger partial charge is 0.417 e. The van der Waals surface area contributed by atoms with Crippen molar-refractivity contribution in [2.45, 2.75) is 142 Å². The molecule has 0 aliphatic rings. The Morgan fingerprint density at radius 3 is 1.48 bits per heavy atom. The number of hydrogen-bond donors (Lipinski definition) is 0. The van der Waals surface area contributed by atoms with Crippen molar-refractivity contribution in [3.63, 3.8) is 0 Å². The van der Waals surface area contributed by atoms with E-state index in [2.05, 4.69) is 52.9 Å². The molecule has 0 bridgehead atoms. The monoisotopic (exact) mass is 396 g/mol. The number of rotatable bonds is 18. The van der Waals surface area contributed by atoms with E-state index < -0.39 is 8.32 Å². The Morgan fingerprint density at radius 1 is 0.630 bits per heavy atom. The van der Waals surface area contributed by atoms with Crippen molar-refractivity contribution < 1.29 is 4.43 Å². The predicted octanol–water partition coefficient (Wildman–Crippen LogP) is 9.44. The molecule has 1 nitrogen and oxygen atoms in total. The molecular formula is C25H52OSi. The van der Waals surface area contributed by atoms with E-state index in [1.165, 1.54) is 96.3 Å². The van der Waals surface area contributed by atoms with E-state index in [1.807, 2.05) is 0 Å². The van der Waals surface area contributed by atoms with Crippen LogP contribution >= 0.6 is 0 Å². The highest BCUT2D eigenvalue weighted by Crippen LogP contribution is 2.36. The van der Waals surface area contributed by atoms with Gasteiger partial charge in [0.1, 0.15) is 0 Å². The Hall–Kier alpha value is -0.0831. The molecule has 0 rings (SSSR count). The van der Waals surface area contributed by atoms with Gasteiger partial charge in [-0.05, 0) is 50.2 Å². The van der Waals surface area contributed by atoms with Crippen molar-refractivity contribution in [3.05, 3.63) is 12.2 Å². The molecule has 0 atom stereocenters. The van der Waals surface area contributed by atoms with Crippen molar-refractivity contribution in [1.29, 1.82) is 0 Å². The van der Waals surface area contributed by atoms with Crippen LogP contribution < -0.4 is 0 Å². The first-order valence-electron chi connectivity index (χ1n) is 12.1. The predicted molar refractivity (Wildman–Crippen MR) is 127 cm³/mol.